The lowest BCUT2D eigenvalue weighted by Crippen LogP contribution is -2.25. The van der Waals surface area contributed by atoms with Crippen LogP contribution in [0.15, 0.2) is 91.0 Å². The second-order valence-corrected chi connectivity index (χ2v) is 7.47. The molecule has 0 saturated heterocycles. The Morgan fingerprint density at radius 1 is 0.533 bits per heavy atom. The first-order chi connectivity index (χ1) is 14.4. The van der Waals surface area contributed by atoms with Crippen LogP contribution in [-0.4, -0.2) is 20.4 Å². The maximum absolute atomic E-state index is 10.6. The minimum Gasteiger partial charge on any atom is -0.508 e. The van der Waals surface area contributed by atoms with Gasteiger partial charge in [-0.15, -0.1) is 0 Å². The smallest absolute Gasteiger partial charge is 0.123 e. The molecular formula is C26H22O4. The Balaban J connectivity index is 1.91. The van der Waals surface area contributed by atoms with E-state index in [1.54, 1.807) is 12.1 Å². The number of aromatic hydroxyl groups is 4. The van der Waals surface area contributed by atoms with Crippen LogP contribution in [0.1, 0.15) is 23.6 Å². The molecule has 4 nitrogen and oxygen atoms in total. The zero-order valence-electron chi connectivity index (χ0n) is 16.4. The molecule has 0 heterocycles. The molecule has 0 aliphatic carbocycles. The van der Waals surface area contributed by atoms with Crippen LogP contribution in [0.25, 0.3) is 11.1 Å². The van der Waals surface area contributed by atoms with Gasteiger partial charge in [-0.1, -0.05) is 66.7 Å². The standard InChI is InChI=1S/C26H22O4/c1-26(22-13-11-20(27)15-24(22)29,23-14-12-21(28)16-25(23)30)19-9-7-18(8-10-19)17-5-3-2-4-6-17/h2-16,27-30H,1H3. The lowest BCUT2D eigenvalue weighted by Gasteiger charge is -2.33. The van der Waals surface area contributed by atoms with Crippen LogP contribution in [0.4, 0.5) is 0 Å². The molecule has 30 heavy (non-hydrogen) atoms. The Kier molecular flexibility index (Phi) is 4.84. The maximum atomic E-state index is 10.6. The molecule has 0 unspecified atom stereocenters. The minimum atomic E-state index is -0.940. The van der Waals surface area contributed by atoms with Crippen molar-refractivity contribution in [2.75, 3.05) is 0 Å². The lowest BCUT2D eigenvalue weighted by atomic mass is 9.70. The third-order valence-electron chi connectivity index (χ3n) is 5.61. The highest BCUT2D eigenvalue weighted by Gasteiger charge is 2.36. The van der Waals surface area contributed by atoms with E-state index in [-0.39, 0.29) is 23.0 Å². The van der Waals surface area contributed by atoms with Crippen molar-refractivity contribution in [1.82, 2.24) is 0 Å². The molecule has 0 bridgehead atoms. The van der Waals surface area contributed by atoms with E-state index >= 15 is 0 Å². The Morgan fingerprint density at radius 2 is 1.00 bits per heavy atom. The molecule has 4 rings (SSSR count). The van der Waals surface area contributed by atoms with Crippen molar-refractivity contribution in [2.24, 2.45) is 0 Å². The molecule has 0 radical (unpaired) electrons. The van der Waals surface area contributed by atoms with E-state index in [1.165, 1.54) is 24.3 Å². The van der Waals surface area contributed by atoms with E-state index in [9.17, 15) is 20.4 Å². The van der Waals surface area contributed by atoms with E-state index in [0.29, 0.717) is 11.1 Å². The summed E-state index contributed by atoms with van der Waals surface area (Å²) in [6.07, 6.45) is 0. The van der Waals surface area contributed by atoms with Crippen LogP contribution in [0.5, 0.6) is 23.0 Å². The molecule has 0 atom stereocenters. The molecule has 0 spiro atoms. The summed E-state index contributed by atoms with van der Waals surface area (Å²) in [7, 11) is 0. The first-order valence-corrected chi connectivity index (χ1v) is 9.60. The summed E-state index contributed by atoms with van der Waals surface area (Å²) in [4.78, 5) is 0. The quantitative estimate of drug-likeness (QED) is 0.341. The monoisotopic (exact) mass is 398 g/mol. The van der Waals surface area contributed by atoms with Crippen LogP contribution in [0.2, 0.25) is 0 Å². The molecule has 4 aromatic carbocycles. The van der Waals surface area contributed by atoms with Gasteiger partial charge < -0.3 is 20.4 Å². The van der Waals surface area contributed by atoms with Gasteiger partial charge in [0, 0.05) is 28.7 Å². The van der Waals surface area contributed by atoms with Gasteiger partial charge in [0.15, 0.2) is 0 Å². The van der Waals surface area contributed by atoms with Gasteiger partial charge in [-0.05, 0) is 35.7 Å². The van der Waals surface area contributed by atoms with E-state index in [2.05, 4.69) is 0 Å². The molecule has 4 N–H and O–H groups in total. The molecule has 150 valence electrons. The van der Waals surface area contributed by atoms with Gasteiger partial charge in [-0.25, -0.2) is 0 Å². The first kappa shape index (κ1) is 19.4. The van der Waals surface area contributed by atoms with Crippen LogP contribution in [0.3, 0.4) is 0 Å². The van der Waals surface area contributed by atoms with Crippen LogP contribution < -0.4 is 0 Å². The van der Waals surface area contributed by atoms with Gasteiger partial charge in [0.2, 0.25) is 0 Å². The summed E-state index contributed by atoms with van der Waals surface area (Å²) in [5.41, 5.74) is 3.08. The predicted octanol–water partition coefficient (Wildman–Crippen LogP) is 5.53. The molecule has 0 aliphatic heterocycles. The molecule has 4 heteroatoms. The SMILES string of the molecule is CC(c1ccc(-c2ccccc2)cc1)(c1ccc(O)cc1O)c1ccc(O)cc1O. The normalized spacial score (nSPS) is 11.4. The topological polar surface area (TPSA) is 80.9 Å². The fourth-order valence-electron chi connectivity index (χ4n) is 3.97. The number of phenols is 4. The molecule has 0 aromatic heterocycles. The number of hydrogen-bond acceptors (Lipinski definition) is 4. The zero-order chi connectivity index (χ0) is 21.3. The van der Waals surface area contributed by atoms with Crippen LogP contribution >= 0.6 is 0 Å². The molecule has 0 aliphatic rings. The largest absolute Gasteiger partial charge is 0.508 e. The van der Waals surface area contributed by atoms with Gasteiger partial charge in [-0.3, -0.25) is 0 Å². The van der Waals surface area contributed by atoms with E-state index in [1.807, 2.05) is 61.5 Å². The summed E-state index contributed by atoms with van der Waals surface area (Å²) < 4.78 is 0. The second kappa shape index (κ2) is 7.48. The number of benzene rings is 4. The zero-order valence-corrected chi connectivity index (χ0v) is 16.4. The minimum absolute atomic E-state index is 0.0482. The fourth-order valence-corrected chi connectivity index (χ4v) is 3.97. The second-order valence-electron chi connectivity index (χ2n) is 7.47. The van der Waals surface area contributed by atoms with Gasteiger partial charge in [0.05, 0.1) is 0 Å². The highest BCUT2D eigenvalue weighted by atomic mass is 16.3. The van der Waals surface area contributed by atoms with E-state index < -0.39 is 5.41 Å². The molecule has 0 fully saturated rings. The third-order valence-corrected chi connectivity index (χ3v) is 5.61. The lowest BCUT2D eigenvalue weighted by molar-refractivity contribution is 0.427. The molecule has 0 amide bonds. The van der Waals surface area contributed by atoms with Crippen molar-refractivity contribution in [3.8, 4) is 34.1 Å². The molecular weight excluding hydrogens is 376 g/mol. The van der Waals surface area contributed by atoms with Crippen LogP contribution in [-0.2, 0) is 5.41 Å². The highest BCUT2D eigenvalue weighted by molar-refractivity contribution is 5.66. The highest BCUT2D eigenvalue weighted by Crippen LogP contribution is 2.47. The summed E-state index contributed by atoms with van der Waals surface area (Å²) in [5, 5.41) is 40.8. The van der Waals surface area contributed by atoms with Crippen molar-refractivity contribution < 1.29 is 20.4 Å². The van der Waals surface area contributed by atoms with E-state index in [0.717, 1.165) is 16.7 Å². The van der Waals surface area contributed by atoms with Crippen molar-refractivity contribution in [2.45, 2.75) is 12.3 Å². The van der Waals surface area contributed by atoms with Crippen LogP contribution in [0, 0.1) is 0 Å². The average molecular weight is 398 g/mol. The number of hydrogen-bond donors (Lipinski definition) is 4. The Labute approximate surface area is 175 Å². The first-order valence-electron chi connectivity index (χ1n) is 9.60. The Morgan fingerprint density at radius 3 is 1.47 bits per heavy atom. The fraction of sp³-hybridized carbons (Fsp3) is 0.0769. The van der Waals surface area contributed by atoms with Gasteiger partial charge >= 0.3 is 0 Å². The summed E-state index contributed by atoms with van der Waals surface area (Å²) in [6.45, 7) is 1.89. The van der Waals surface area contributed by atoms with Crippen molar-refractivity contribution in [1.29, 1.82) is 0 Å². The number of phenolic OH excluding ortho intramolecular Hbond substituents is 4. The Hall–Kier alpha value is -3.92. The van der Waals surface area contributed by atoms with E-state index in [4.69, 9.17) is 0 Å². The van der Waals surface area contributed by atoms with Crippen molar-refractivity contribution >= 4 is 0 Å². The average Bonchev–Trinajstić information content (AvgIpc) is 2.74. The Bertz CT molecular complexity index is 1130. The van der Waals surface area contributed by atoms with Crippen molar-refractivity contribution in [3.05, 3.63) is 108 Å². The summed E-state index contributed by atoms with van der Waals surface area (Å²) >= 11 is 0. The molecule has 0 saturated carbocycles. The third kappa shape index (κ3) is 3.33. The summed E-state index contributed by atoms with van der Waals surface area (Å²) in [6, 6.07) is 26.8. The van der Waals surface area contributed by atoms with Crippen molar-refractivity contribution in [3.63, 3.8) is 0 Å². The molecule has 4 aromatic rings. The number of rotatable bonds is 4. The summed E-state index contributed by atoms with van der Waals surface area (Å²) in [5.74, 6) is -0.268. The van der Waals surface area contributed by atoms with Gasteiger partial charge in [0.1, 0.15) is 23.0 Å². The predicted molar refractivity (Wildman–Crippen MR) is 117 cm³/mol. The maximum Gasteiger partial charge on any atom is 0.123 e. The van der Waals surface area contributed by atoms with Gasteiger partial charge in [-0.2, -0.15) is 0 Å². The van der Waals surface area contributed by atoms with Gasteiger partial charge in [0.25, 0.3) is 0 Å².